The van der Waals surface area contributed by atoms with Crippen molar-refractivity contribution in [3.8, 4) is 0 Å². The van der Waals surface area contributed by atoms with Crippen molar-refractivity contribution in [3.63, 3.8) is 0 Å². The molecule has 1 aliphatic heterocycles. The van der Waals surface area contributed by atoms with Crippen molar-refractivity contribution in [2.75, 3.05) is 72.0 Å². The largest absolute Gasteiger partial charge is 0.480 e. The normalized spacial score (nSPS) is 17.5. The van der Waals surface area contributed by atoms with Gasteiger partial charge in [-0.05, 0) is 19.4 Å². The molecular formula is C18H35N5O5. The minimum Gasteiger partial charge on any atom is -0.480 e. The van der Waals surface area contributed by atoms with Gasteiger partial charge in [0.1, 0.15) is 0 Å². The summed E-state index contributed by atoms with van der Waals surface area (Å²) in [6.45, 7) is 4.53. The van der Waals surface area contributed by atoms with E-state index in [-0.39, 0.29) is 25.5 Å². The molecule has 10 nitrogen and oxygen atoms in total. The smallest absolute Gasteiger partial charge is 0.317 e. The van der Waals surface area contributed by atoms with E-state index in [0.29, 0.717) is 52.4 Å². The van der Waals surface area contributed by atoms with Crippen molar-refractivity contribution >= 4 is 17.8 Å². The lowest BCUT2D eigenvalue weighted by atomic mass is 10.2. The average molecular weight is 402 g/mol. The number of nitrogens with zero attached hydrogens (tertiary/aromatic N) is 3. The molecule has 0 radical (unpaired) electrons. The van der Waals surface area contributed by atoms with Crippen LogP contribution in [0.5, 0.6) is 0 Å². The van der Waals surface area contributed by atoms with E-state index in [1.165, 1.54) is 0 Å². The summed E-state index contributed by atoms with van der Waals surface area (Å²) in [7, 11) is 0. The van der Waals surface area contributed by atoms with Crippen molar-refractivity contribution in [1.29, 1.82) is 0 Å². The number of aliphatic carboxylic acids is 2. The number of hydrogen-bond donors (Lipinski definition) is 4. The van der Waals surface area contributed by atoms with Crippen LogP contribution in [0.1, 0.15) is 25.7 Å². The molecule has 0 saturated carbocycles. The number of nitrogens with one attached hydrogen (secondary N) is 1. The number of carbonyl (C=O) groups is 3. The van der Waals surface area contributed by atoms with Gasteiger partial charge in [0.15, 0.2) is 0 Å². The van der Waals surface area contributed by atoms with Gasteiger partial charge in [-0.3, -0.25) is 29.1 Å². The highest BCUT2D eigenvalue weighted by Gasteiger charge is 2.20. The molecule has 0 bridgehead atoms. The third-order valence-electron chi connectivity index (χ3n) is 4.74. The Morgan fingerprint density at radius 2 is 1.14 bits per heavy atom. The third kappa shape index (κ3) is 11.9. The molecule has 0 atom stereocenters. The second kappa shape index (κ2) is 14.3. The van der Waals surface area contributed by atoms with Gasteiger partial charge < -0.3 is 21.3 Å². The summed E-state index contributed by atoms with van der Waals surface area (Å²) in [4.78, 5) is 39.8. The number of rotatable bonds is 12. The zero-order valence-corrected chi connectivity index (χ0v) is 16.6. The Morgan fingerprint density at radius 3 is 1.57 bits per heavy atom. The van der Waals surface area contributed by atoms with E-state index in [4.69, 9.17) is 15.9 Å². The standard InChI is InChI=1S/C18H35N5O5/c19-5-3-1-2-4-6-20-16(24)13-21-7-9-22(14-17(25)26)11-12-23(10-8-21)15-18(27)28/h1-15,19H2,(H,20,24)(H,25,26)(H,27,28). The highest BCUT2D eigenvalue weighted by molar-refractivity contribution is 5.78. The Morgan fingerprint density at radius 1 is 0.714 bits per heavy atom. The molecule has 5 N–H and O–H groups in total. The molecule has 0 aromatic carbocycles. The first-order valence-corrected chi connectivity index (χ1v) is 9.98. The minimum atomic E-state index is -0.914. The van der Waals surface area contributed by atoms with Crippen LogP contribution in [0.15, 0.2) is 0 Å². The number of carboxylic acid groups (broad SMARTS) is 2. The first-order chi connectivity index (χ1) is 13.4. The summed E-state index contributed by atoms with van der Waals surface area (Å²) in [6.07, 6.45) is 4.03. The SMILES string of the molecule is NCCCCCCNC(=O)CN1CCN(CC(=O)O)CCN(CC(=O)O)CC1. The lowest BCUT2D eigenvalue weighted by molar-refractivity contribution is -0.140. The van der Waals surface area contributed by atoms with Gasteiger partial charge >= 0.3 is 11.9 Å². The Balaban J connectivity index is 2.49. The average Bonchev–Trinajstić information content (AvgIpc) is 2.70. The zero-order valence-electron chi connectivity index (χ0n) is 16.6. The van der Waals surface area contributed by atoms with Crippen molar-refractivity contribution in [2.24, 2.45) is 5.73 Å². The first kappa shape index (κ1) is 24.3. The third-order valence-corrected chi connectivity index (χ3v) is 4.74. The van der Waals surface area contributed by atoms with Crippen LogP contribution >= 0.6 is 0 Å². The zero-order chi connectivity index (χ0) is 20.8. The van der Waals surface area contributed by atoms with Gasteiger partial charge in [-0.1, -0.05) is 12.8 Å². The molecule has 10 heteroatoms. The Kier molecular flexibility index (Phi) is 12.4. The summed E-state index contributed by atoms with van der Waals surface area (Å²) >= 11 is 0. The fraction of sp³-hybridized carbons (Fsp3) is 0.833. The lowest BCUT2D eigenvalue weighted by Crippen LogP contribution is -2.43. The van der Waals surface area contributed by atoms with Crippen LogP contribution in [0.2, 0.25) is 0 Å². The highest BCUT2D eigenvalue weighted by atomic mass is 16.4. The summed E-state index contributed by atoms with van der Waals surface area (Å²) in [5.74, 6) is -1.89. The molecule has 1 saturated heterocycles. The van der Waals surface area contributed by atoms with Gasteiger partial charge in [-0.2, -0.15) is 0 Å². The molecule has 1 heterocycles. The second-order valence-corrected chi connectivity index (χ2v) is 7.17. The topological polar surface area (TPSA) is 139 Å². The Bertz CT molecular complexity index is 463. The van der Waals surface area contributed by atoms with E-state index >= 15 is 0 Å². The van der Waals surface area contributed by atoms with Gasteiger partial charge in [0.2, 0.25) is 5.91 Å². The van der Waals surface area contributed by atoms with Gasteiger partial charge in [-0.15, -0.1) is 0 Å². The lowest BCUT2D eigenvalue weighted by Gasteiger charge is -2.24. The Labute approximate surface area is 166 Å². The van der Waals surface area contributed by atoms with Crippen LogP contribution in [-0.2, 0) is 14.4 Å². The molecule has 0 aromatic heterocycles. The van der Waals surface area contributed by atoms with Crippen molar-refractivity contribution < 1.29 is 24.6 Å². The molecule has 1 aliphatic rings. The maximum Gasteiger partial charge on any atom is 0.317 e. The van der Waals surface area contributed by atoms with Gasteiger partial charge in [0.05, 0.1) is 19.6 Å². The Hall–Kier alpha value is -1.75. The maximum absolute atomic E-state index is 12.2. The summed E-state index contributed by atoms with van der Waals surface area (Å²) < 4.78 is 0. The van der Waals surface area contributed by atoms with E-state index in [2.05, 4.69) is 5.32 Å². The predicted molar refractivity (Wildman–Crippen MR) is 105 cm³/mol. The van der Waals surface area contributed by atoms with E-state index in [0.717, 1.165) is 25.7 Å². The highest BCUT2D eigenvalue weighted by Crippen LogP contribution is 2.01. The van der Waals surface area contributed by atoms with Crippen molar-refractivity contribution in [2.45, 2.75) is 25.7 Å². The van der Waals surface area contributed by atoms with E-state index in [9.17, 15) is 14.4 Å². The number of nitrogens with two attached hydrogens (primary N) is 1. The predicted octanol–water partition coefficient (Wildman–Crippen LogP) is -1.29. The molecule has 0 aromatic rings. The molecule has 0 spiro atoms. The van der Waals surface area contributed by atoms with E-state index in [1.54, 1.807) is 9.80 Å². The van der Waals surface area contributed by atoms with Gasteiger partial charge in [-0.25, -0.2) is 0 Å². The molecule has 1 amide bonds. The van der Waals surface area contributed by atoms with Crippen LogP contribution in [0.25, 0.3) is 0 Å². The molecule has 1 rings (SSSR count). The number of carbonyl (C=O) groups excluding carboxylic acids is 1. The minimum absolute atomic E-state index is 0.0624. The number of unbranched alkanes of at least 4 members (excludes halogenated alkanes) is 3. The van der Waals surface area contributed by atoms with Crippen molar-refractivity contribution in [3.05, 3.63) is 0 Å². The summed E-state index contributed by atoms with van der Waals surface area (Å²) in [6, 6.07) is 0. The van der Waals surface area contributed by atoms with Gasteiger partial charge in [0, 0.05) is 45.8 Å². The molecule has 0 unspecified atom stereocenters. The molecule has 28 heavy (non-hydrogen) atoms. The number of carboxylic acids is 2. The summed E-state index contributed by atoms with van der Waals surface area (Å²) in [5, 5.41) is 21.0. The second-order valence-electron chi connectivity index (χ2n) is 7.17. The van der Waals surface area contributed by atoms with Crippen LogP contribution in [0.3, 0.4) is 0 Å². The van der Waals surface area contributed by atoms with Crippen LogP contribution in [0, 0.1) is 0 Å². The fourth-order valence-corrected chi connectivity index (χ4v) is 3.15. The van der Waals surface area contributed by atoms with E-state index < -0.39 is 11.9 Å². The molecule has 162 valence electrons. The molecule has 0 aliphatic carbocycles. The quantitative estimate of drug-likeness (QED) is 0.294. The fourth-order valence-electron chi connectivity index (χ4n) is 3.15. The van der Waals surface area contributed by atoms with Crippen LogP contribution in [-0.4, -0.2) is 115 Å². The van der Waals surface area contributed by atoms with Crippen LogP contribution in [0.4, 0.5) is 0 Å². The van der Waals surface area contributed by atoms with Crippen molar-refractivity contribution in [1.82, 2.24) is 20.0 Å². The first-order valence-electron chi connectivity index (χ1n) is 9.98. The summed E-state index contributed by atoms with van der Waals surface area (Å²) in [5.41, 5.74) is 5.46. The monoisotopic (exact) mass is 401 g/mol. The number of amides is 1. The number of hydrogen-bond acceptors (Lipinski definition) is 7. The maximum atomic E-state index is 12.2. The molecule has 1 fully saturated rings. The van der Waals surface area contributed by atoms with Crippen LogP contribution < -0.4 is 11.1 Å². The van der Waals surface area contributed by atoms with Gasteiger partial charge in [0.25, 0.3) is 0 Å². The van der Waals surface area contributed by atoms with E-state index in [1.807, 2.05) is 4.90 Å². The molecular weight excluding hydrogens is 366 g/mol.